The first-order chi connectivity index (χ1) is 9.44. The number of carbonyl (C=O) groups excluding carboxylic acids is 2. The van der Waals surface area contributed by atoms with E-state index in [0.717, 1.165) is 10.5 Å². The Bertz CT molecular complexity index is 326. The molecule has 4 nitrogen and oxygen atoms in total. The molecule has 1 heterocycles. The van der Waals surface area contributed by atoms with Crippen LogP contribution in [0.4, 0.5) is 0 Å². The van der Waals surface area contributed by atoms with Gasteiger partial charge in [-0.1, -0.05) is 13.8 Å². The Kier molecular flexibility index (Phi) is 8.78. The Labute approximate surface area is 137 Å². The molecule has 1 fully saturated rings. The molecule has 0 radical (unpaired) electrons. The molecule has 0 bridgehead atoms. The van der Waals surface area contributed by atoms with Crippen LogP contribution in [0.5, 0.6) is 0 Å². The molecule has 6 heteroatoms. The summed E-state index contributed by atoms with van der Waals surface area (Å²) in [5.41, 5.74) is 0. The molecule has 4 unspecified atom stereocenters. The predicted molar refractivity (Wildman–Crippen MR) is 90.6 cm³/mol. The molecule has 0 aliphatic carbocycles. The fraction of sp³-hybridized carbons (Fsp3) is 0.867. The molecule has 0 aromatic rings. The molecule has 1 aliphatic heterocycles. The Morgan fingerprint density at radius 2 is 1.19 bits per heavy atom. The van der Waals surface area contributed by atoms with E-state index in [2.05, 4.69) is 51.2 Å². The van der Waals surface area contributed by atoms with Gasteiger partial charge in [-0.2, -0.15) is 0 Å². The summed E-state index contributed by atoms with van der Waals surface area (Å²) in [4.78, 5) is 21.0. The monoisotopic (exact) mass is 336 g/mol. The Balaban J connectivity index is 0.000000394. The van der Waals surface area contributed by atoms with Crippen LogP contribution in [0, 0.1) is 0 Å². The second-order valence-corrected chi connectivity index (χ2v) is 9.93. The van der Waals surface area contributed by atoms with E-state index < -0.39 is 12.2 Å². The zero-order chi connectivity index (χ0) is 16.8. The van der Waals surface area contributed by atoms with Crippen LogP contribution < -0.4 is 0 Å². The van der Waals surface area contributed by atoms with Gasteiger partial charge in [-0.3, -0.25) is 9.59 Å². The zero-order valence-electron chi connectivity index (χ0n) is 14.3. The molecule has 1 saturated heterocycles. The number of hydrogen-bond donors (Lipinski definition) is 0. The van der Waals surface area contributed by atoms with E-state index in [1.807, 2.05) is 0 Å². The zero-order valence-corrected chi connectivity index (χ0v) is 15.9. The summed E-state index contributed by atoms with van der Waals surface area (Å²) in [6.07, 6.45) is -0.794. The summed E-state index contributed by atoms with van der Waals surface area (Å²) in [6.45, 7) is 15.2. The highest BCUT2D eigenvalue weighted by Crippen LogP contribution is 2.51. The number of rotatable bonds is 3. The van der Waals surface area contributed by atoms with Gasteiger partial charge in [0, 0.05) is 24.3 Å². The molecular formula is C15H28O4S2. The Morgan fingerprint density at radius 1 is 0.905 bits per heavy atom. The predicted octanol–water partition coefficient (Wildman–Crippen LogP) is 3.87. The molecule has 0 saturated carbocycles. The van der Waals surface area contributed by atoms with Crippen molar-refractivity contribution in [3.05, 3.63) is 0 Å². The van der Waals surface area contributed by atoms with Crippen LogP contribution in [0.15, 0.2) is 0 Å². The van der Waals surface area contributed by atoms with E-state index in [0.29, 0.717) is 4.08 Å². The minimum absolute atomic E-state index is 0.374. The molecule has 0 aromatic carbocycles. The molecule has 1 aliphatic rings. The van der Waals surface area contributed by atoms with Crippen molar-refractivity contribution in [2.45, 2.75) is 82.2 Å². The average Bonchev–Trinajstić information content (AvgIpc) is 2.49. The number of hydrogen-bond acceptors (Lipinski definition) is 6. The number of ether oxygens (including phenoxy) is 2. The van der Waals surface area contributed by atoms with Gasteiger partial charge in [-0.15, -0.1) is 23.5 Å². The van der Waals surface area contributed by atoms with Crippen LogP contribution in [0.25, 0.3) is 0 Å². The Morgan fingerprint density at radius 3 is 1.33 bits per heavy atom. The number of esters is 2. The van der Waals surface area contributed by atoms with Crippen LogP contribution in [-0.2, 0) is 19.1 Å². The van der Waals surface area contributed by atoms with Gasteiger partial charge in [0.2, 0.25) is 0 Å². The quantitative estimate of drug-likeness (QED) is 0.729. The van der Waals surface area contributed by atoms with Gasteiger partial charge >= 0.3 is 11.9 Å². The van der Waals surface area contributed by atoms with Gasteiger partial charge in [-0.25, -0.2) is 0 Å². The largest absolute Gasteiger partial charge is 0.459 e. The van der Waals surface area contributed by atoms with Crippen molar-refractivity contribution in [1.82, 2.24) is 0 Å². The van der Waals surface area contributed by atoms with Gasteiger partial charge in [0.05, 0.1) is 4.08 Å². The lowest BCUT2D eigenvalue weighted by atomic mass is 10.2. The summed E-state index contributed by atoms with van der Waals surface area (Å²) in [7, 11) is 0. The summed E-state index contributed by atoms with van der Waals surface area (Å²) < 4.78 is 10.1. The van der Waals surface area contributed by atoms with Crippen molar-refractivity contribution >= 4 is 35.5 Å². The second-order valence-electron chi connectivity index (χ2n) is 5.67. The third-order valence-electron chi connectivity index (χ3n) is 2.97. The second kappa shape index (κ2) is 8.93. The first-order valence-corrected chi connectivity index (χ1v) is 8.90. The average molecular weight is 337 g/mol. The summed E-state index contributed by atoms with van der Waals surface area (Å²) in [6, 6.07) is 0. The third-order valence-corrected chi connectivity index (χ3v) is 6.41. The van der Waals surface area contributed by atoms with E-state index in [-0.39, 0.29) is 11.9 Å². The maximum absolute atomic E-state index is 10.5. The molecule has 21 heavy (non-hydrogen) atoms. The highest BCUT2D eigenvalue weighted by molar-refractivity contribution is 8.21. The maximum Gasteiger partial charge on any atom is 0.303 e. The summed E-state index contributed by atoms with van der Waals surface area (Å²) in [5.74, 6) is -0.747. The van der Waals surface area contributed by atoms with Crippen molar-refractivity contribution < 1.29 is 19.1 Å². The lowest BCUT2D eigenvalue weighted by Gasteiger charge is -2.18. The first kappa shape index (κ1) is 20.6. The van der Waals surface area contributed by atoms with Crippen molar-refractivity contribution in [1.29, 1.82) is 0 Å². The fourth-order valence-corrected chi connectivity index (χ4v) is 5.47. The van der Waals surface area contributed by atoms with Gasteiger partial charge in [0.1, 0.15) is 12.2 Å². The van der Waals surface area contributed by atoms with Crippen LogP contribution in [0.1, 0.15) is 55.4 Å². The topological polar surface area (TPSA) is 52.6 Å². The maximum atomic E-state index is 10.5. The van der Waals surface area contributed by atoms with E-state index in [9.17, 15) is 9.59 Å². The van der Waals surface area contributed by atoms with E-state index >= 15 is 0 Å². The van der Waals surface area contributed by atoms with E-state index in [1.54, 1.807) is 13.8 Å². The lowest BCUT2D eigenvalue weighted by molar-refractivity contribution is -0.162. The van der Waals surface area contributed by atoms with E-state index in [1.165, 1.54) is 13.8 Å². The molecule has 124 valence electrons. The van der Waals surface area contributed by atoms with E-state index in [4.69, 9.17) is 9.47 Å². The van der Waals surface area contributed by atoms with Crippen LogP contribution in [0.2, 0.25) is 0 Å². The molecule has 0 N–H and O–H groups in total. The van der Waals surface area contributed by atoms with Gasteiger partial charge in [0.25, 0.3) is 0 Å². The minimum Gasteiger partial charge on any atom is -0.459 e. The molecule has 0 amide bonds. The highest BCUT2D eigenvalue weighted by Gasteiger charge is 2.35. The van der Waals surface area contributed by atoms with Crippen molar-refractivity contribution in [2.75, 3.05) is 0 Å². The SMILES string of the molecule is CC(=O)OC(C)C(C)OC(C)=O.CC1SC(C)(C)SC1C. The Hall–Kier alpha value is -0.360. The van der Waals surface area contributed by atoms with Crippen LogP contribution in [-0.4, -0.2) is 38.7 Å². The van der Waals surface area contributed by atoms with Crippen LogP contribution in [0.3, 0.4) is 0 Å². The highest BCUT2D eigenvalue weighted by atomic mass is 32.2. The number of carbonyl (C=O) groups is 2. The van der Waals surface area contributed by atoms with Gasteiger partial charge in [-0.05, 0) is 27.7 Å². The first-order valence-electron chi connectivity index (χ1n) is 7.14. The summed E-state index contributed by atoms with van der Waals surface area (Å²) >= 11 is 4.19. The smallest absolute Gasteiger partial charge is 0.303 e. The third kappa shape index (κ3) is 9.30. The molecule has 4 atom stereocenters. The normalized spacial score (nSPS) is 26.1. The van der Waals surface area contributed by atoms with Gasteiger partial charge < -0.3 is 9.47 Å². The standard InChI is InChI=1S/C8H14O4.C7H14S2/c1-5(11-7(3)9)6(2)12-8(4)10;1-5-6(2)9-7(3,4)8-5/h5-6H,1-4H3;5-6H,1-4H3. The molecule has 0 spiro atoms. The molecule has 1 rings (SSSR count). The number of thioether (sulfide) groups is 2. The fourth-order valence-electron chi connectivity index (χ4n) is 1.83. The van der Waals surface area contributed by atoms with Crippen molar-refractivity contribution in [3.63, 3.8) is 0 Å². The van der Waals surface area contributed by atoms with Crippen molar-refractivity contribution in [2.24, 2.45) is 0 Å². The van der Waals surface area contributed by atoms with Crippen molar-refractivity contribution in [3.8, 4) is 0 Å². The lowest BCUT2D eigenvalue weighted by Crippen LogP contribution is -2.29. The summed E-state index contributed by atoms with van der Waals surface area (Å²) in [5, 5.41) is 1.68. The molecule has 0 aromatic heterocycles. The molecular weight excluding hydrogens is 308 g/mol. The van der Waals surface area contributed by atoms with Gasteiger partial charge in [0.15, 0.2) is 0 Å². The minimum atomic E-state index is -0.397. The van der Waals surface area contributed by atoms with Crippen LogP contribution >= 0.6 is 23.5 Å².